The van der Waals surface area contributed by atoms with Crippen molar-refractivity contribution >= 4 is 29.2 Å². The summed E-state index contributed by atoms with van der Waals surface area (Å²) in [4.78, 5) is 46.1. The number of para-hydroxylation sites is 2. The highest BCUT2D eigenvalue weighted by Crippen LogP contribution is 2.44. The van der Waals surface area contributed by atoms with E-state index in [0.717, 1.165) is 5.69 Å². The Balaban J connectivity index is 1.60. The second-order valence-electron chi connectivity index (χ2n) is 9.97. The molecular weight excluding hydrogens is 546 g/mol. The maximum atomic E-state index is 14.0. The Bertz CT molecular complexity index is 1640. The molecule has 218 valence electrons. The second kappa shape index (κ2) is 12.5. The molecule has 3 aromatic carbocycles. The normalized spacial score (nSPS) is 17.0. The summed E-state index contributed by atoms with van der Waals surface area (Å²) in [5.74, 6) is -3.08. The lowest BCUT2D eigenvalue weighted by Gasteiger charge is -2.38. The number of hydrogen-bond donors (Lipinski definition) is 1. The molecule has 5 rings (SSSR count). The molecule has 1 unspecified atom stereocenters. The quantitative estimate of drug-likeness (QED) is 0.437. The van der Waals surface area contributed by atoms with E-state index in [2.05, 4.69) is 11.0 Å². The lowest BCUT2D eigenvalue weighted by Crippen LogP contribution is -2.49. The minimum absolute atomic E-state index is 0.0259. The van der Waals surface area contributed by atoms with Crippen LogP contribution in [0.1, 0.15) is 21.8 Å². The van der Waals surface area contributed by atoms with Gasteiger partial charge in [-0.1, -0.05) is 60.7 Å². The fraction of sp³-hybridized carbons (Fsp3) is 0.212. The van der Waals surface area contributed by atoms with E-state index < -0.39 is 17.9 Å². The van der Waals surface area contributed by atoms with Crippen LogP contribution in [0.4, 0.5) is 11.4 Å². The van der Waals surface area contributed by atoms with Gasteiger partial charge in [-0.3, -0.25) is 9.69 Å². The van der Waals surface area contributed by atoms with E-state index in [1.54, 1.807) is 59.5 Å². The predicted molar refractivity (Wildman–Crippen MR) is 161 cm³/mol. The number of nitriles is 1. The first-order valence-electron chi connectivity index (χ1n) is 13.7. The number of nitrogens with two attached hydrogens (primary N) is 1. The summed E-state index contributed by atoms with van der Waals surface area (Å²) in [7, 11) is 2.37. The fourth-order valence-corrected chi connectivity index (χ4v) is 5.59. The number of allylic oxidation sites excluding steroid dienone is 1. The zero-order valence-electron chi connectivity index (χ0n) is 23.9. The molecule has 2 aliphatic rings. The summed E-state index contributed by atoms with van der Waals surface area (Å²) in [6, 6.07) is 27.6. The molecule has 1 amide bonds. The van der Waals surface area contributed by atoms with E-state index in [1.165, 1.54) is 19.1 Å². The molecule has 10 nitrogen and oxygen atoms in total. The molecule has 0 bridgehead atoms. The Labute approximate surface area is 249 Å². The van der Waals surface area contributed by atoms with Crippen LogP contribution < -0.4 is 15.5 Å². The Kier molecular flexibility index (Phi) is 8.44. The molecule has 0 saturated carbocycles. The van der Waals surface area contributed by atoms with Gasteiger partial charge in [0.05, 0.1) is 48.6 Å². The zero-order valence-corrected chi connectivity index (χ0v) is 23.9. The molecular formula is C33H31N5O5. The van der Waals surface area contributed by atoms with Gasteiger partial charge < -0.3 is 25.0 Å². The van der Waals surface area contributed by atoms with Gasteiger partial charge in [0, 0.05) is 31.9 Å². The van der Waals surface area contributed by atoms with Gasteiger partial charge in [0.2, 0.25) is 0 Å². The smallest absolute Gasteiger partial charge is 0.355 e. The molecule has 2 aliphatic heterocycles. The van der Waals surface area contributed by atoms with Gasteiger partial charge in [-0.15, -0.1) is 0 Å². The molecule has 1 atom stereocenters. The van der Waals surface area contributed by atoms with Crippen molar-refractivity contribution in [1.82, 2.24) is 4.90 Å². The molecule has 3 aromatic rings. The third-order valence-electron chi connectivity index (χ3n) is 7.67. The van der Waals surface area contributed by atoms with Gasteiger partial charge in [0.1, 0.15) is 11.5 Å². The number of nitrogens with zero attached hydrogens (tertiary/aromatic N) is 4. The number of amides is 1. The first-order valence-corrected chi connectivity index (χ1v) is 13.7. The highest BCUT2D eigenvalue weighted by Gasteiger charge is 2.44. The van der Waals surface area contributed by atoms with Crippen molar-refractivity contribution in [3.63, 3.8) is 0 Å². The standard InChI is InChI=1S/C33H31N5O5/c1-42-32(40)28-27(22-11-5-3-6-12-22)25(21-34)30(35)38(29(28)33(41)43-2)26-16-10-9-15-24(26)31(39)37-19-17-36(18-20-37)23-13-7-4-8-14-23/h3-16,27H,17-20,35H2,1-2H3. The first-order chi connectivity index (χ1) is 20.9. The summed E-state index contributed by atoms with van der Waals surface area (Å²) in [5, 5.41) is 10.3. The average Bonchev–Trinajstić information content (AvgIpc) is 3.07. The number of carbonyl (C=O) groups is 3. The lowest BCUT2D eigenvalue weighted by molar-refractivity contribution is -0.139. The van der Waals surface area contributed by atoms with Gasteiger partial charge in [-0.05, 0) is 29.8 Å². The Morgan fingerprint density at radius 1 is 0.814 bits per heavy atom. The monoisotopic (exact) mass is 577 g/mol. The maximum Gasteiger partial charge on any atom is 0.355 e. The molecule has 0 spiro atoms. The number of carbonyl (C=O) groups excluding carboxylic acids is 3. The van der Waals surface area contributed by atoms with E-state index in [0.29, 0.717) is 31.7 Å². The van der Waals surface area contributed by atoms with Crippen molar-refractivity contribution in [2.45, 2.75) is 5.92 Å². The van der Waals surface area contributed by atoms with Crippen molar-refractivity contribution in [1.29, 1.82) is 5.26 Å². The van der Waals surface area contributed by atoms with Crippen molar-refractivity contribution < 1.29 is 23.9 Å². The molecule has 10 heteroatoms. The molecule has 0 aliphatic carbocycles. The highest BCUT2D eigenvalue weighted by atomic mass is 16.5. The van der Waals surface area contributed by atoms with Gasteiger partial charge in [-0.25, -0.2) is 9.59 Å². The van der Waals surface area contributed by atoms with E-state index in [1.807, 2.05) is 30.3 Å². The molecule has 1 saturated heterocycles. The van der Waals surface area contributed by atoms with Crippen LogP contribution in [0.2, 0.25) is 0 Å². The number of hydrogen-bond acceptors (Lipinski definition) is 9. The van der Waals surface area contributed by atoms with E-state index in [-0.39, 0.29) is 39.8 Å². The van der Waals surface area contributed by atoms with E-state index in [4.69, 9.17) is 15.2 Å². The Morgan fingerprint density at radius 3 is 2.00 bits per heavy atom. The molecule has 43 heavy (non-hydrogen) atoms. The van der Waals surface area contributed by atoms with Crippen LogP contribution in [0.25, 0.3) is 0 Å². The Hall–Kier alpha value is -5.56. The van der Waals surface area contributed by atoms with Gasteiger partial charge in [0.25, 0.3) is 5.91 Å². The molecule has 1 fully saturated rings. The third-order valence-corrected chi connectivity index (χ3v) is 7.67. The third kappa shape index (κ3) is 5.40. The van der Waals surface area contributed by atoms with Crippen LogP contribution in [0.5, 0.6) is 0 Å². The SMILES string of the molecule is COC(=O)C1=C(C(=O)OC)N(c2ccccc2C(=O)N2CCN(c3ccccc3)CC2)C(N)=C(C#N)C1c1ccccc1. The van der Waals surface area contributed by atoms with Crippen molar-refractivity contribution in [3.05, 3.63) is 119 Å². The van der Waals surface area contributed by atoms with Gasteiger partial charge in [0.15, 0.2) is 0 Å². The summed E-state index contributed by atoms with van der Waals surface area (Å²) in [5.41, 5.74) is 8.47. The molecule has 2 N–H and O–H groups in total. The second-order valence-corrected chi connectivity index (χ2v) is 9.97. The van der Waals surface area contributed by atoms with Crippen molar-refractivity contribution in [2.24, 2.45) is 5.73 Å². The maximum absolute atomic E-state index is 14.0. The predicted octanol–water partition coefficient (Wildman–Crippen LogP) is 3.55. The number of methoxy groups -OCH3 is 2. The van der Waals surface area contributed by atoms with Gasteiger partial charge >= 0.3 is 11.9 Å². The number of rotatable bonds is 6. The van der Waals surface area contributed by atoms with Crippen molar-refractivity contribution in [2.75, 3.05) is 50.2 Å². The van der Waals surface area contributed by atoms with Crippen LogP contribution >= 0.6 is 0 Å². The van der Waals surface area contributed by atoms with Crippen LogP contribution in [0.3, 0.4) is 0 Å². The molecule has 0 aromatic heterocycles. The number of esters is 2. The number of piperazine rings is 1. The minimum atomic E-state index is -1.00. The van der Waals surface area contributed by atoms with Crippen LogP contribution in [0.15, 0.2) is 108 Å². The first kappa shape index (κ1) is 29.0. The summed E-state index contributed by atoms with van der Waals surface area (Å²) in [6.07, 6.45) is 0. The average molecular weight is 578 g/mol. The summed E-state index contributed by atoms with van der Waals surface area (Å²) in [6.45, 7) is 2.22. The summed E-state index contributed by atoms with van der Waals surface area (Å²) >= 11 is 0. The lowest BCUT2D eigenvalue weighted by atomic mass is 9.80. The number of ether oxygens (including phenoxy) is 2. The van der Waals surface area contributed by atoms with Crippen LogP contribution in [-0.2, 0) is 19.1 Å². The van der Waals surface area contributed by atoms with E-state index in [9.17, 15) is 19.6 Å². The van der Waals surface area contributed by atoms with Gasteiger partial charge in [-0.2, -0.15) is 5.26 Å². The van der Waals surface area contributed by atoms with Crippen molar-refractivity contribution in [3.8, 4) is 6.07 Å². The minimum Gasteiger partial charge on any atom is -0.466 e. The Morgan fingerprint density at radius 2 is 1.40 bits per heavy atom. The zero-order chi connectivity index (χ0) is 30.5. The van der Waals surface area contributed by atoms with Crippen LogP contribution in [-0.4, -0.2) is 63.1 Å². The topological polar surface area (TPSA) is 129 Å². The summed E-state index contributed by atoms with van der Waals surface area (Å²) < 4.78 is 10.2. The van der Waals surface area contributed by atoms with Crippen LogP contribution in [0, 0.1) is 11.3 Å². The molecule has 2 heterocycles. The fourth-order valence-electron chi connectivity index (χ4n) is 5.59. The van der Waals surface area contributed by atoms with E-state index >= 15 is 0 Å². The highest BCUT2D eigenvalue weighted by molar-refractivity contribution is 6.08. The number of anilines is 2. The largest absolute Gasteiger partial charge is 0.466 e. The molecule has 0 radical (unpaired) electrons. The number of benzene rings is 3.